The van der Waals surface area contributed by atoms with Gasteiger partial charge in [-0.25, -0.2) is 8.42 Å². The van der Waals surface area contributed by atoms with E-state index in [1.165, 1.54) is 42.1 Å². The zero-order chi connectivity index (χ0) is 16.7. The van der Waals surface area contributed by atoms with Crippen LogP contribution in [0.1, 0.15) is 38.2 Å². The number of benzene rings is 1. The van der Waals surface area contributed by atoms with Crippen molar-refractivity contribution in [3.05, 3.63) is 29.8 Å². The summed E-state index contributed by atoms with van der Waals surface area (Å²) in [6.07, 6.45) is 4.96. The zero-order valence-corrected chi connectivity index (χ0v) is 14.6. The van der Waals surface area contributed by atoms with Crippen LogP contribution in [0.2, 0.25) is 0 Å². The fourth-order valence-corrected chi connectivity index (χ4v) is 4.35. The molecule has 0 unspecified atom stereocenters. The maximum Gasteiger partial charge on any atom is 0.243 e. The summed E-state index contributed by atoms with van der Waals surface area (Å²) in [4.78, 5) is 2.62. The molecule has 0 aromatic heterocycles. The largest absolute Gasteiger partial charge is 0.302 e. The van der Waals surface area contributed by atoms with Crippen molar-refractivity contribution in [3.8, 4) is 6.07 Å². The molecular formula is C17H25N3O2S. The Balaban J connectivity index is 2.04. The van der Waals surface area contributed by atoms with Crippen LogP contribution in [0.25, 0.3) is 0 Å². The average molecular weight is 335 g/mol. The van der Waals surface area contributed by atoms with Crippen molar-refractivity contribution in [2.45, 2.75) is 37.5 Å². The molecule has 5 nitrogen and oxygen atoms in total. The van der Waals surface area contributed by atoms with Gasteiger partial charge in [-0.3, -0.25) is 0 Å². The van der Waals surface area contributed by atoms with Gasteiger partial charge in [0, 0.05) is 19.6 Å². The first kappa shape index (κ1) is 17.9. The van der Waals surface area contributed by atoms with Crippen molar-refractivity contribution in [2.75, 3.05) is 32.7 Å². The first-order chi connectivity index (χ1) is 11.1. The fraction of sp³-hybridized carbons (Fsp3) is 0.588. The van der Waals surface area contributed by atoms with Crippen molar-refractivity contribution in [2.24, 2.45) is 0 Å². The Hall–Kier alpha value is -1.42. The number of hydrogen-bond donors (Lipinski definition) is 0. The lowest BCUT2D eigenvalue weighted by Crippen LogP contribution is -2.39. The van der Waals surface area contributed by atoms with Gasteiger partial charge in [0.05, 0.1) is 16.5 Å². The molecule has 0 saturated carbocycles. The summed E-state index contributed by atoms with van der Waals surface area (Å²) in [7, 11) is -3.49. The Labute approximate surface area is 139 Å². The molecule has 0 bridgehead atoms. The van der Waals surface area contributed by atoms with Crippen LogP contribution in [0.5, 0.6) is 0 Å². The van der Waals surface area contributed by atoms with E-state index >= 15 is 0 Å². The second-order valence-electron chi connectivity index (χ2n) is 5.89. The average Bonchev–Trinajstić information content (AvgIpc) is 2.84. The molecule has 1 aliphatic rings. The third kappa shape index (κ3) is 4.77. The topological polar surface area (TPSA) is 64.4 Å². The van der Waals surface area contributed by atoms with Gasteiger partial charge in [-0.05, 0) is 50.2 Å². The van der Waals surface area contributed by atoms with E-state index in [2.05, 4.69) is 4.90 Å². The molecule has 1 heterocycles. The maximum atomic E-state index is 12.7. The van der Waals surface area contributed by atoms with Crippen LogP contribution in [0.4, 0.5) is 0 Å². The predicted octanol–water partition coefficient (Wildman–Crippen LogP) is 2.44. The number of sulfonamides is 1. The van der Waals surface area contributed by atoms with Gasteiger partial charge in [-0.15, -0.1) is 0 Å². The van der Waals surface area contributed by atoms with E-state index in [-0.39, 0.29) is 4.90 Å². The van der Waals surface area contributed by atoms with Crippen molar-refractivity contribution in [1.29, 1.82) is 5.26 Å². The van der Waals surface area contributed by atoms with Gasteiger partial charge < -0.3 is 4.90 Å². The van der Waals surface area contributed by atoms with Gasteiger partial charge in [0.25, 0.3) is 0 Å². The van der Waals surface area contributed by atoms with Crippen LogP contribution in [-0.2, 0) is 10.0 Å². The van der Waals surface area contributed by atoms with Crippen molar-refractivity contribution in [1.82, 2.24) is 9.21 Å². The van der Waals surface area contributed by atoms with E-state index in [4.69, 9.17) is 5.26 Å². The molecule has 0 spiro atoms. The summed E-state index contributed by atoms with van der Waals surface area (Å²) >= 11 is 0. The molecule has 1 aromatic rings. The van der Waals surface area contributed by atoms with Gasteiger partial charge in [-0.1, -0.05) is 19.8 Å². The molecule has 6 heteroatoms. The molecule has 0 amide bonds. The summed E-state index contributed by atoms with van der Waals surface area (Å²) < 4.78 is 27.0. The maximum absolute atomic E-state index is 12.7. The molecule has 1 aromatic carbocycles. The summed E-state index contributed by atoms with van der Waals surface area (Å²) in [6, 6.07) is 8.14. The molecule has 0 N–H and O–H groups in total. The van der Waals surface area contributed by atoms with E-state index in [9.17, 15) is 8.42 Å². The van der Waals surface area contributed by atoms with Crippen LogP contribution < -0.4 is 0 Å². The highest BCUT2D eigenvalue weighted by molar-refractivity contribution is 7.89. The second kappa shape index (κ2) is 8.44. The number of nitriles is 1. The van der Waals surface area contributed by atoms with Crippen molar-refractivity contribution >= 4 is 10.0 Å². The van der Waals surface area contributed by atoms with Crippen molar-refractivity contribution in [3.63, 3.8) is 0 Å². The number of likely N-dealkylation sites (N-methyl/N-ethyl adjacent to an activating group) is 1. The van der Waals surface area contributed by atoms with Crippen LogP contribution in [0.3, 0.4) is 0 Å². The van der Waals surface area contributed by atoms with Crippen LogP contribution >= 0.6 is 0 Å². The highest BCUT2D eigenvalue weighted by atomic mass is 32.2. The molecule has 23 heavy (non-hydrogen) atoms. The lowest BCUT2D eigenvalue weighted by Gasteiger charge is -2.25. The van der Waals surface area contributed by atoms with Gasteiger partial charge in [0.1, 0.15) is 0 Å². The van der Waals surface area contributed by atoms with Gasteiger partial charge >= 0.3 is 0 Å². The Morgan fingerprint density at radius 2 is 1.74 bits per heavy atom. The van der Waals surface area contributed by atoms with Crippen molar-refractivity contribution < 1.29 is 8.42 Å². The molecule has 0 aliphatic carbocycles. The quantitative estimate of drug-likeness (QED) is 0.801. The first-order valence-electron chi connectivity index (χ1n) is 8.30. The molecule has 126 valence electrons. The Kier molecular flexibility index (Phi) is 6.58. The minimum Gasteiger partial charge on any atom is -0.302 e. The smallest absolute Gasteiger partial charge is 0.243 e. The van der Waals surface area contributed by atoms with Gasteiger partial charge in [-0.2, -0.15) is 9.57 Å². The normalized spacial score (nSPS) is 16.9. The van der Waals surface area contributed by atoms with E-state index in [1.54, 1.807) is 12.1 Å². The van der Waals surface area contributed by atoms with Crippen LogP contribution in [0.15, 0.2) is 29.2 Å². The van der Waals surface area contributed by atoms with E-state index in [1.807, 2.05) is 13.0 Å². The van der Waals surface area contributed by atoms with Crippen LogP contribution in [0, 0.1) is 11.3 Å². The summed E-state index contributed by atoms with van der Waals surface area (Å²) in [5, 5.41) is 8.82. The third-order valence-corrected chi connectivity index (χ3v) is 6.33. The van der Waals surface area contributed by atoms with Gasteiger partial charge in [0.15, 0.2) is 0 Å². The molecule has 1 fully saturated rings. The molecule has 0 radical (unpaired) electrons. The third-order valence-electron chi connectivity index (χ3n) is 4.34. The number of hydrogen-bond acceptors (Lipinski definition) is 4. The Bertz CT molecular complexity index is 627. The molecule has 0 atom stereocenters. The van der Waals surface area contributed by atoms with Gasteiger partial charge in [0.2, 0.25) is 10.0 Å². The monoisotopic (exact) mass is 335 g/mol. The lowest BCUT2D eigenvalue weighted by molar-refractivity contribution is 0.260. The summed E-state index contributed by atoms with van der Waals surface area (Å²) in [5.74, 6) is 0. The molecule has 1 aliphatic heterocycles. The first-order valence-corrected chi connectivity index (χ1v) is 9.74. The SMILES string of the molecule is CCN(CCN1CCCCCC1)S(=O)(=O)c1ccc(C#N)cc1. The van der Waals surface area contributed by atoms with E-state index < -0.39 is 10.0 Å². The van der Waals surface area contributed by atoms with Crippen LogP contribution in [-0.4, -0.2) is 50.3 Å². The van der Waals surface area contributed by atoms with E-state index in [0.717, 1.165) is 19.6 Å². The zero-order valence-electron chi connectivity index (χ0n) is 13.7. The number of likely N-dealkylation sites (tertiary alicyclic amines) is 1. The molecular weight excluding hydrogens is 310 g/mol. The van der Waals surface area contributed by atoms with E-state index in [0.29, 0.717) is 18.7 Å². The number of nitrogens with zero attached hydrogens (tertiary/aromatic N) is 3. The summed E-state index contributed by atoms with van der Waals surface area (Å²) in [5.41, 5.74) is 0.469. The lowest BCUT2D eigenvalue weighted by atomic mass is 10.2. The highest BCUT2D eigenvalue weighted by Gasteiger charge is 2.23. The minimum absolute atomic E-state index is 0.259. The Morgan fingerprint density at radius 1 is 1.13 bits per heavy atom. The highest BCUT2D eigenvalue weighted by Crippen LogP contribution is 2.17. The second-order valence-corrected chi connectivity index (χ2v) is 7.83. The molecule has 1 saturated heterocycles. The Morgan fingerprint density at radius 3 is 2.26 bits per heavy atom. The molecule has 2 rings (SSSR count). The summed E-state index contributed by atoms with van der Waals surface area (Å²) in [6.45, 7) is 5.74. The predicted molar refractivity (Wildman–Crippen MR) is 90.5 cm³/mol. The minimum atomic E-state index is -3.49. The standard InChI is InChI=1S/C17H25N3O2S/c1-2-20(14-13-19-11-5-3-4-6-12-19)23(21,22)17-9-7-16(15-18)8-10-17/h7-10H,2-6,11-14H2,1H3. The fourth-order valence-electron chi connectivity index (χ4n) is 2.91. The number of rotatable bonds is 6.